The Labute approximate surface area is 112 Å². The molecule has 1 amide bonds. The molecule has 0 aliphatic rings. The first kappa shape index (κ1) is 13.6. The van der Waals surface area contributed by atoms with Crippen molar-refractivity contribution < 1.29 is 9.18 Å². The second-order valence-corrected chi connectivity index (χ2v) is 4.62. The number of H-pyrrole nitrogens is 1. The molecule has 102 valence electrons. The van der Waals surface area contributed by atoms with E-state index in [1.54, 1.807) is 23.1 Å². The molecule has 1 aromatic carbocycles. The minimum absolute atomic E-state index is 0.0634. The van der Waals surface area contributed by atoms with Gasteiger partial charge >= 0.3 is 0 Å². The number of halogens is 1. The summed E-state index contributed by atoms with van der Waals surface area (Å²) in [5.74, 6) is -0.365. The molecule has 1 N–H and O–H groups in total. The lowest BCUT2D eigenvalue weighted by atomic mass is 10.2. The predicted molar refractivity (Wildman–Crippen MR) is 74.7 cm³/mol. The summed E-state index contributed by atoms with van der Waals surface area (Å²) in [5.41, 5.74) is 1.12. The van der Waals surface area contributed by atoms with E-state index in [0.717, 1.165) is 19.4 Å². The summed E-state index contributed by atoms with van der Waals surface area (Å²) in [6, 6.07) is 6.41. The van der Waals surface area contributed by atoms with E-state index in [-0.39, 0.29) is 11.7 Å². The van der Waals surface area contributed by atoms with Gasteiger partial charge in [0.1, 0.15) is 11.5 Å². The number of nitrogens with one attached hydrogen (secondary N) is 1. The Balaban J connectivity index is 2.27. The topological polar surface area (TPSA) is 36.1 Å². The van der Waals surface area contributed by atoms with Crippen LogP contribution in [0.3, 0.4) is 0 Å². The highest BCUT2D eigenvalue weighted by Crippen LogP contribution is 2.19. The predicted octanol–water partition coefficient (Wildman–Crippen LogP) is 3.57. The highest BCUT2D eigenvalue weighted by molar-refractivity contribution is 5.98. The number of carbonyl (C=O) groups excluding carboxylic acids is 1. The molecular formula is C15H19FN2O. The van der Waals surface area contributed by atoms with Gasteiger partial charge in [0.25, 0.3) is 5.91 Å². The number of nitrogens with zero attached hydrogens (tertiary/aromatic N) is 1. The summed E-state index contributed by atoms with van der Waals surface area (Å²) >= 11 is 0. The zero-order valence-electron chi connectivity index (χ0n) is 11.4. The average Bonchev–Trinajstić information content (AvgIpc) is 2.85. The maximum Gasteiger partial charge on any atom is 0.270 e. The van der Waals surface area contributed by atoms with E-state index in [1.165, 1.54) is 6.07 Å². The number of carbonyl (C=O) groups is 1. The fourth-order valence-corrected chi connectivity index (χ4v) is 2.16. The maximum absolute atomic E-state index is 13.6. The van der Waals surface area contributed by atoms with E-state index in [4.69, 9.17) is 0 Å². The molecule has 0 aliphatic carbocycles. The van der Waals surface area contributed by atoms with Gasteiger partial charge in [0, 0.05) is 24.0 Å². The molecule has 4 heteroatoms. The number of fused-ring (bicyclic) bond motifs is 1. The van der Waals surface area contributed by atoms with Crippen LogP contribution in [0.5, 0.6) is 0 Å². The smallest absolute Gasteiger partial charge is 0.270 e. The van der Waals surface area contributed by atoms with Crippen LogP contribution in [0.15, 0.2) is 24.3 Å². The molecule has 1 aromatic heterocycles. The third kappa shape index (κ3) is 2.78. The Hall–Kier alpha value is -1.84. The largest absolute Gasteiger partial charge is 0.350 e. The number of aromatic amines is 1. The molecule has 0 fully saturated rings. The van der Waals surface area contributed by atoms with E-state index in [0.29, 0.717) is 23.1 Å². The quantitative estimate of drug-likeness (QED) is 0.878. The Morgan fingerprint density at radius 3 is 2.79 bits per heavy atom. The van der Waals surface area contributed by atoms with Gasteiger partial charge in [-0.15, -0.1) is 0 Å². The molecule has 2 aromatic rings. The Kier molecular flexibility index (Phi) is 4.20. The van der Waals surface area contributed by atoms with Crippen molar-refractivity contribution in [2.24, 2.45) is 0 Å². The fourth-order valence-electron chi connectivity index (χ4n) is 2.16. The Bertz CT molecular complexity index is 577. The minimum atomic E-state index is -0.301. The van der Waals surface area contributed by atoms with Gasteiger partial charge in [-0.3, -0.25) is 4.79 Å². The molecule has 0 bridgehead atoms. The molecule has 19 heavy (non-hydrogen) atoms. The highest BCUT2D eigenvalue weighted by atomic mass is 19.1. The first-order valence-corrected chi connectivity index (χ1v) is 6.73. The zero-order chi connectivity index (χ0) is 13.8. The Morgan fingerprint density at radius 1 is 1.37 bits per heavy atom. The number of benzene rings is 1. The van der Waals surface area contributed by atoms with Crippen LogP contribution < -0.4 is 0 Å². The van der Waals surface area contributed by atoms with Crippen molar-refractivity contribution in [3.05, 3.63) is 35.8 Å². The number of aromatic nitrogens is 1. The molecule has 0 saturated carbocycles. The van der Waals surface area contributed by atoms with Crippen LogP contribution >= 0.6 is 0 Å². The van der Waals surface area contributed by atoms with Gasteiger partial charge in [0.05, 0.1) is 0 Å². The van der Waals surface area contributed by atoms with E-state index >= 15 is 0 Å². The molecule has 0 aliphatic heterocycles. The van der Waals surface area contributed by atoms with Gasteiger partial charge in [0.15, 0.2) is 0 Å². The molecular weight excluding hydrogens is 243 g/mol. The lowest BCUT2D eigenvalue weighted by Gasteiger charge is -2.19. The summed E-state index contributed by atoms with van der Waals surface area (Å²) in [6.07, 6.45) is 2.03. The summed E-state index contributed by atoms with van der Waals surface area (Å²) in [7, 11) is 0. The van der Waals surface area contributed by atoms with Gasteiger partial charge in [-0.1, -0.05) is 19.4 Å². The zero-order valence-corrected chi connectivity index (χ0v) is 11.4. The van der Waals surface area contributed by atoms with Crippen molar-refractivity contribution >= 4 is 16.8 Å². The molecule has 0 radical (unpaired) electrons. The molecule has 2 rings (SSSR count). The number of hydrogen-bond acceptors (Lipinski definition) is 1. The van der Waals surface area contributed by atoms with Gasteiger partial charge in [-0.2, -0.15) is 0 Å². The van der Waals surface area contributed by atoms with Crippen molar-refractivity contribution in [1.29, 1.82) is 0 Å². The van der Waals surface area contributed by atoms with Crippen LogP contribution in [0.4, 0.5) is 4.39 Å². The summed E-state index contributed by atoms with van der Waals surface area (Å²) < 4.78 is 13.6. The third-order valence-electron chi connectivity index (χ3n) is 3.29. The van der Waals surface area contributed by atoms with Crippen molar-refractivity contribution in [2.75, 3.05) is 13.1 Å². The van der Waals surface area contributed by atoms with Crippen LogP contribution in [0.25, 0.3) is 10.9 Å². The summed E-state index contributed by atoms with van der Waals surface area (Å²) in [5, 5.41) is 0.470. The monoisotopic (exact) mass is 262 g/mol. The molecule has 0 unspecified atom stereocenters. The molecule has 3 nitrogen and oxygen atoms in total. The maximum atomic E-state index is 13.6. The van der Waals surface area contributed by atoms with Gasteiger partial charge in [-0.05, 0) is 31.5 Å². The number of rotatable bonds is 5. The number of hydrogen-bond donors (Lipinski definition) is 1. The minimum Gasteiger partial charge on any atom is -0.350 e. The lowest BCUT2D eigenvalue weighted by Crippen LogP contribution is -2.31. The SMILES string of the molecule is CCCCN(CC)C(=O)c1cc2c(F)cccc2[nH]1. The van der Waals surface area contributed by atoms with Crippen molar-refractivity contribution in [3.8, 4) is 0 Å². The first-order valence-electron chi connectivity index (χ1n) is 6.73. The van der Waals surface area contributed by atoms with E-state index in [9.17, 15) is 9.18 Å². The standard InChI is InChI=1S/C15H19FN2O/c1-3-5-9-18(4-2)15(19)14-10-11-12(16)7-6-8-13(11)17-14/h6-8,10,17H,3-5,9H2,1-2H3. The number of unbranched alkanes of at least 4 members (excludes halogenated alkanes) is 1. The van der Waals surface area contributed by atoms with Crippen molar-refractivity contribution in [1.82, 2.24) is 9.88 Å². The van der Waals surface area contributed by atoms with Crippen LogP contribution in [0.2, 0.25) is 0 Å². The van der Waals surface area contributed by atoms with E-state index in [1.807, 2.05) is 6.92 Å². The summed E-state index contributed by atoms with van der Waals surface area (Å²) in [4.78, 5) is 17.1. The van der Waals surface area contributed by atoms with Crippen LogP contribution in [0.1, 0.15) is 37.2 Å². The molecule has 1 heterocycles. The van der Waals surface area contributed by atoms with Gasteiger partial charge < -0.3 is 9.88 Å². The van der Waals surface area contributed by atoms with E-state index in [2.05, 4.69) is 11.9 Å². The van der Waals surface area contributed by atoms with Gasteiger partial charge in [0.2, 0.25) is 0 Å². The molecule has 0 spiro atoms. The van der Waals surface area contributed by atoms with Crippen LogP contribution in [-0.4, -0.2) is 28.9 Å². The van der Waals surface area contributed by atoms with E-state index < -0.39 is 0 Å². The second-order valence-electron chi connectivity index (χ2n) is 4.62. The average molecular weight is 262 g/mol. The number of amides is 1. The normalized spacial score (nSPS) is 10.9. The Morgan fingerprint density at radius 2 is 2.16 bits per heavy atom. The summed E-state index contributed by atoms with van der Waals surface area (Å²) in [6.45, 7) is 5.45. The first-order chi connectivity index (χ1) is 9.17. The fraction of sp³-hybridized carbons (Fsp3) is 0.400. The van der Waals surface area contributed by atoms with Crippen LogP contribution in [-0.2, 0) is 0 Å². The molecule has 0 atom stereocenters. The van der Waals surface area contributed by atoms with Crippen LogP contribution in [0, 0.1) is 5.82 Å². The third-order valence-corrected chi connectivity index (χ3v) is 3.29. The lowest BCUT2D eigenvalue weighted by molar-refractivity contribution is 0.0757. The van der Waals surface area contributed by atoms with Crippen molar-refractivity contribution in [2.45, 2.75) is 26.7 Å². The van der Waals surface area contributed by atoms with Gasteiger partial charge in [-0.25, -0.2) is 4.39 Å². The highest BCUT2D eigenvalue weighted by Gasteiger charge is 2.16. The van der Waals surface area contributed by atoms with Crippen molar-refractivity contribution in [3.63, 3.8) is 0 Å². The second kappa shape index (κ2) is 5.87. The molecule has 0 saturated heterocycles.